The van der Waals surface area contributed by atoms with E-state index in [0.29, 0.717) is 29.1 Å². The van der Waals surface area contributed by atoms with Gasteiger partial charge in [-0.05, 0) is 67.8 Å². The van der Waals surface area contributed by atoms with Gasteiger partial charge in [0.2, 0.25) is 15.9 Å². The number of benzene rings is 2. The van der Waals surface area contributed by atoms with E-state index in [1.54, 1.807) is 42.0 Å². The molecule has 0 aliphatic carbocycles. The van der Waals surface area contributed by atoms with Gasteiger partial charge in [0.15, 0.2) is 0 Å². The van der Waals surface area contributed by atoms with E-state index in [0.717, 1.165) is 33.2 Å². The minimum absolute atomic E-state index is 0.0571. The van der Waals surface area contributed by atoms with Crippen molar-refractivity contribution in [1.82, 2.24) is 19.1 Å². The highest BCUT2D eigenvalue weighted by atomic mass is 32.2. The molecule has 2 aromatic carbocycles. The predicted octanol–water partition coefficient (Wildman–Crippen LogP) is 4.43. The van der Waals surface area contributed by atoms with Crippen LogP contribution in [0.5, 0.6) is 11.6 Å². The SMILES string of the molecule is CCS(=O)(=O)Nc1cccc2c1nc(-c1cn(C)c3c(O)nccc13)n2Cc1c(C)cc(O)cc1C. The summed E-state index contributed by atoms with van der Waals surface area (Å²) in [6.45, 7) is 5.92. The largest absolute Gasteiger partial charge is 0.508 e. The van der Waals surface area contributed by atoms with E-state index in [4.69, 9.17) is 4.98 Å². The second kappa shape index (κ2) is 8.56. The van der Waals surface area contributed by atoms with E-state index in [9.17, 15) is 18.6 Å². The van der Waals surface area contributed by atoms with Crippen LogP contribution < -0.4 is 4.72 Å². The number of rotatable bonds is 6. The van der Waals surface area contributed by atoms with Gasteiger partial charge in [-0.3, -0.25) is 4.72 Å². The van der Waals surface area contributed by atoms with Crippen LogP contribution in [-0.2, 0) is 23.6 Å². The standard InChI is InChI=1S/C26H27N5O4S/c1-5-36(34,35)29-21-7-6-8-22-23(21)28-25(20-13-30(4)24-18(20)9-10-27-26(24)33)31(22)14-19-15(2)11-17(32)12-16(19)3/h6-13,29,32H,5,14H2,1-4H3,(H,27,33). The Balaban J connectivity index is 1.81. The van der Waals surface area contributed by atoms with Crippen molar-refractivity contribution in [2.24, 2.45) is 7.05 Å². The minimum atomic E-state index is -3.52. The maximum absolute atomic E-state index is 12.4. The Morgan fingerprint density at radius 2 is 1.81 bits per heavy atom. The molecule has 0 bridgehead atoms. The van der Waals surface area contributed by atoms with Gasteiger partial charge in [-0.25, -0.2) is 18.4 Å². The number of aromatic nitrogens is 4. The molecule has 3 N–H and O–H groups in total. The number of aryl methyl sites for hydroxylation is 3. The fourth-order valence-corrected chi connectivity index (χ4v) is 5.37. The molecule has 10 heteroatoms. The van der Waals surface area contributed by atoms with Crippen LogP contribution in [0.25, 0.3) is 33.3 Å². The van der Waals surface area contributed by atoms with Gasteiger partial charge in [-0.15, -0.1) is 0 Å². The topological polar surface area (TPSA) is 122 Å². The summed E-state index contributed by atoms with van der Waals surface area (Å²) in [4.78, 5) is 8.95. The van der Waals surface area contributed by atoms with Crippen LogP contribution in [0.15, 0.2) is 48.8 Å². The number of aromatic hydroxyl groups is 2. The third kappa shape index (κ3) is 3.93. The van der Waals surface area contributed by atoms with E-state index in [2.05, 4.69) is 9.71 Å². The molecule has 0 fully saturated rings. The number of phenolic OH excluding ortho intramolecular Hbond substituents is 1. The molecule has 186 valence electrons. The van der Waals surface area contributed by atoms with Crippen LogP contribution in [-0.4, -0.2) is 43.5 Å². The monoisotopic (exact) mass is 505 g/mol. The number of anilines is 1. The van der Waals surface area contributed by atoms with Gasteiger partial charge in [0, 0.05) is 30.4 Å². The molecule has 0 aliphatic heterocycles. The van der Waals surface area contributed by atoms with Crippen LogP contribution in [0, 0.1) is 13.8 Å². The van der Waals surface area contributed by atoms with E-state index in [1.165, 1.54) is 0 Å². The third-order valence-electron chi connectivity index (χ3n) is 6.53. The first-order chi connectivity index (χ1) is 17.1. The van der Waals surface area contributed by atoms with Gasteiger partial charge in [0.25, 0.3) is 0 Å². The zero-order chi connectivity index (χ0) is 25.8. The summed E-state index contributed by atoms with van der Waals surface area (Å²) in [5, 5.41) is 21.2. The van der Waals surface area contributed by atoms with E-state index < -0.39 is 10.0 Å². The lowest BCUT2D eigenvalue weighted by Crippen LogP contribution is -2.14. The Labute approximate surface area is 208 Å². The van der Waals surface area contributed by atoms with E-state index >= 15 is 0 Å². The molecule has 5 aromatic rings. The number of pyridine rings is 1. The molecule has 36 heavy (non-hydrogen) atoms. The van der Waals surface area contributed by atoms with Gasteiger partial charge in [0.1, 0.15) is 22.6 Å². The molecule has 3 aromatic heterocycles. The molecule has 0 amide bonds. The molecule has 5 rings (SSSR count). The number of nitrogens with zero attached hydrogens (tertiary/aromatic N) is 4. The number of nitrogens with one attached hydrogen (secondary N) is 1. The third-order valence-corrected chi connectivity index (χ3v) is 7.82. The molecule has 0 saturated heterocycles. The Kier molecular flexibility index (Phi) is 5.63. The van der Waals surface area contributed by atoms with Gasteiger partial charge in [-0.1, -0.05) is 6.07 Å². The number of sulfonamides is 1. The highest BCUT2D eigenvalue weighted by Gasteiger charge is 2.22. The summed E-state index contributed by atoms with van der Waals surface area (Å²) in [5.74, 6) is 0.692. The Hall–Kier alpha value is -4.05. The number of hydrogen-bond donors (Lipinski definition) is 3. The minimum Gasteiger partial charge on any atom is -0.508 e. The van der Waals surface area contributed by atoms with Crippen molar-refractivity contribution in [2.75, 3.05) is 10.5 Å². The quantitative estimate of drug-likeness (QED) is 0.314. The first kappa shape index (κ1) is 23.7. The number of hydrogen-bond acceptors (Lipinski definition) is 6. The first-order valence-electron chi connectivity index (χ1n) is 11.5. The molecule has 9 nitrogen and oxygen atoms in total. The molecular weight excluding hydrogens is 478 g/mol. The van der Waals surface area contributed by atoms with Crippen LogP contribution in [0.4, 0.5) is 5.69 Å². The molecule has 0 atom stereocenters. The zero-order valence-electron chi connectivity index (χ0n) is 20.4. The summed E-state index contributed by atoms with van der Waals surface area (Å²) >= 11 is 0. The molecular formula is C26H27N5O4S. The summed E-state index contributed by atoms with van der Waals surface area (Å²) in [6.07, 6.45) is 3.43. The molecule has 0 saturated carbocycles. The summed E-state index contributed by atoms with van der Waals surface area (Å²) < 4.78 is 31.3. The molecule has 3 heterocycles. The second-order valence-electron chi connectivity index (χ2n) is 8.94. The second-order valence-corrected chi connectivity index (χ2v) is 11.0. The molecule has 0 spiro atoms. The lowest BCUT2D eigenvalue weighted by Gasteiger charge is -2.15. The van der Waals surface area contributed by atoms with E-state index in [-0.39, 0.29) is 17.4 Å². The lowest BCUT2D eigenvalue weighted by molar-refractivity contribution is 0.457. The van der Waals surface area contributed by atoms with E-state index in [1.807, 2.05) is 43.8 Å². The number of phenols is 1. The average molecular weight is 506 g/mol. The van der Waals surface area contributed by atoms with Crippen LogP contribution in [0.1, 0.15) is 23.6 Å². The van der Waals surface area contributed by atoms with Gasteiger partial charge in [0.05, 0.1) is 23.5 Å². The van der Waals surface area contributed by atoms with Gasteiger partial charge < -0.3 is 19.3 Å². The highest BCUT2D eigenvalue weighted by Crippen LogP contribution is 2.37. The summed E-state index contributed by atoms with van der Waals surface area (Å²) in [7, 11) is -1.69. The van der Waals surface area contributed by atoms with Crippen molar-refractivity contribution >= 4 is 37.6 Å². The van der Waals surface area contributed by atoms with Crippen molar-refractivity contribution in [3.8, 4) is 23.0 Å². The maximum atomic E-state index is 12.4. The first-order valence-corrected chi connectivity index (χ1v) is 13.2. The van der Waals surface area contributed by atoms with Gasteiger partial charge in [-0.2, -0.15) is 0 Å². The predicted molar refractivity (Wildman–Crippen MR) is 141 cm³/mol. The van der Waals surface area contributed by atoms with Crippen molar-refractivity contribution in [2.45, 2.75) is 27.3 Å². The molecule has 0 radical (unpaired) electrons. The number of fused-ring (bicyclic) bond motifs is 2. The number of imidazole rings is 1. The molecule has 0 unspecified atom stereocenters. The molecule has 0 aliphatic rings. The Morgan fingerprint density at radius 1 is 1.08 bits per heavy atom. The lowest BCUT2D eigenvalue weighted by atomic mass is 10.0. The Bertz CT molecular complexity index is 1730. The fourth-order valence-electron chi connectivity index (χ4n) is 4.73. The van der Waals surface area contributed by atoms with Crippen molar-refractivity contribution in [3.63, 3.8) is 0 Å². The van der Waals surface area contributed by atoms with Crippen LogP contribution in [0.2, 0.25) is 0 Å². The average Bonchev–Trinajstić information content (AvgIpc) is 3.35. The summed E-state index contributed by atoms with van der Waals surface area (Å²) in [5.41, 5.74) is 5.92. The Morgan fingerprint density at radius 3 is 2.50 bits per heavy atom. The fraction of sp³-hybridized carbons (Fsp3) is 0.231. The zero-order valence-corrected chi connectivity index (χ0v) is 21.3. The maximum Gasteiger partial charge on any atom is 0.236 e. The number of para-hydroxylation sites is 1. The normalized spacial score (nSPS) is 12.0. The van der Waals surface area contributed by atoms with Crippen molar-refractivity contribution < 1.29 is 18.6 Å². The van der Waals surface area contributed by atoms with Crippen molar-refractivity contribution in [1.29, 1.82) is 0 Å². The van der Waals surface area contributed by atoms with Crippen molar-refractivity contribution in [3.05, 3.63) is 65.5 Å². The van der Waals surface area contributed by atoms with Crippen LogP contribution >= 0.6 is 0 Å². The van der Waals surface area contributed by atoms with Crippen LogP contribution in [0.3, 0.4) is 0 Å². The summed E-state index contributed by atoms with van der Waals surface area (Å²) in [6, 6.07) is 10.7. The van der Waals surface area contributed by atoms with Gasteiger partial charge >= 0.3 is 0 Å². The smallest absolute Gasteiger partial charge is 0.236 e. The highest BCUT2D eigenvalue weighted by molar-refractivity contribution is 7.92.